The van der Waals surface area contributed by atoms with Crippen LogP contribution < -0.4 is 5.32 Å². The Morgan fingerprint density at radius 2 is 1.65 bits per heavy atom. The average Bonchev–Trinajstić information content (AvgIpc) is 2.89. The van der Waals surface area contributed by atoms with Crippen molar-refractivity contribution < 1.29 is 4.39 Å². The molecule has 0 spiro atoms. The lowest BCUT2D eigenvalue weighted by Crippen LogP contribution is -2.01. The summed E-state index contributed by atoms with van der Waals surface area (Å²) in [4.78, 5) is 0. The van der Waals surface area contributed by atoms with Crippen LogP contribution in [-0.4, -0.2) is 21.8 Å². The second-order valence-electron chi connectivity index (χ2n) is 4.97. The van der Waals surface area contributed by atoms with Gasteiger partial charge in [0.25, 0.3) is 0 Å². The van der Waals surface area contributed by atoms with Gasteiger partial charge in [-0.05, 0) is 24.3 Å². The van der Waals surface area contributed by atoms with E-state index in [9.17, 15) is 4.39 Å². The number of anilines is 1. The fraction of sp³-hybridized carbons (Fsp3) is 0.125. The van der Waals surface area contributed by atoms with Crippen LogP contribution in [0.1, 0.15) is 0 Å². The maximum atomic E-state index is 14.5. The van der Waals surface area contributed by atoms with Crippen LogP contribution in [0.2, 0.25) is 0 Å². The standard InChI is InChI=1S/C16H13Br2FN4/c1-20-13-8-11(18)7-12(19)14(13)16-22-21-15(23(16)2)9-3-5-10(17)6-4-9/h3-8,20H,1-2H3. The topological polar surface area (TPSA) is 42.7 Å². The highest BCUT2D eigenvalue weighted by Crippen LogP contribution is 2.34. The zero-order chi connectivity index (χ0) is 16.6. The number of nitrogens with zero attached hydrogens (tertiary/aromatic N) is 3. The van der Waals surface area contributed by atoms with Gasteiger partial charge >= 0.3 is 0 Å². The SMILES string of the molecule is CNc1cc(Br)cc(F)c1-c1nnc(-c2ccc(Br)cc2)n1C. The van der Waals surface area contributed by atoms with E-state index in [1.807, 2.05) is 37.4 Å². The average molecular weight is 440 g/mol. The zero-order valence-electron chi connectivity index (χ0n) is 12.4. The van der Waals surface area contributed by atoms with E-state index in [0.717, 1.165) is 10.0 Å². The number of rotatable bonds is 3. The van der Waals surface area contributed by atoms with Crippen LogP contribution in [0.15, 0.2) is 45.3 Å². The number of aromatic nitrogens is 3. The second-order valence-corrected chi connectivity index (χ2v) is 6.80. The van der Waals surface area contributed by atoms with Gasteiger partial charge in [-0.2, -0.15) is 0 Å². The molecule has 1 heterocycles. The molecule has 0 aliphatic carbocycles. The van der Waals surface area contributed by atoms with Crippen molar-refractivity contribution >= 4 is 37.5 Å². The van der Waals surface area contributed by atoms with Crippen molar-refractivity contribution in [3.8, 4) is 22.8 Å². The Labute approximate surface area is 150 Å². The first-order valence-corrected chi connectivity index (χ1v) is 8.42. The number of hydrogen-bond acceptors (Lipinski definition) is 3. The molecule has 3 rings (SSSR count). The third kappa shape index (κ3) is 3.03. The minimum Gasteiger partial charge on any atom is -0.387 e. The summed E-state index contributed by atoms with van der Waals surface area (Å²) in [6.07, 6.45) is 0. The Hall–Kier alpha value is -1.73. The van der Waals surface area contributed by atoms with Crippen molar-refractivity contribution in [3.05, 3.63) is 51.2 Å². The van der Waals surface area contributed by atoms with Crippen molar-refractivity contribution in [2.45, 2.75) is 0 Å². The Morgan fingerprint density at radius 3 is 2.30 bits per heavy atom. The van der Waals surface area contributed by atoms with Gasteiger partial charge in [-0.3, -0.25) is 0 Å². The molecule has 23 heavy (non-hydrogen) atoms. The molecule has 0 bridgehead atoms. The quantitative estimate of drug-likeness (QED) is 0.633. The maximum absolute atomic E-state index is 14.5. The van der Waals surface area contributed by atoms with Crippen LogP contribution in [0.3, 0.4) is 0 Å². The first kappa shape index (κ1) is 16.1. The zero-order valence-corrected chi connectivity index (χ0v) is 15.6. The molecule has 0 unspecified atom stereocenters. The van der Waals surface area contributed by atoms with E-state index < -0.39 is 0 Å². The Bertz CT molecular complexity index is 859. The molecule has 0 saturated heterocycles. The third-order valence-electron chi connectivity index (χ3n) is 3.53. The molecule has 3 aromatic rings. The molecule has 0 radical (unpaired) electrons. The molecule has 4 nitrogen and oxygen atoms in total. The van der Waals surface area contributed by atoms with Crippen molar-refractivity contribution in [1.82, 2.24) is 14.8 Å². The van der Waals surface area contributed by atoms with Crippen LogP contribution in [0.4, 0.5) is 10.1 Å². The van der Waals surface area contributed by atoms with Gasteiger partial charge in [0.05, 0.1) is 5.56 Å². The smallest absolute Gasteiger partial charge is 0.169 e. The highest BCUT2D eigenvalue weighted by atomic mass is 79.9. The number of halogens is 3. The molecule has 0 fully saturated rings. The number of nitrogens with one attached hydrogen (secondary N) is 1. The van der Waals surface area contributed by atoms with Crippen LogP contribution in [-0.2, 0) is 7.05 Å². The van der Waals surface area contributed by atoms with Crippen LogP contribution in [0.5, 0.6) is 0 Å². The molecule has 2 aromatic carbocycles. The van der Waals surface area contributed by atoms with Crippen molar-refractivity contribution in [1.29, 1.82) is 0 Å². The summed E-state index contributed by atoms with van der Waals surface area (Å²) in [5, 5.41) is 11.4. The molecule has 118 valence electrons. The summed E-state index contributed by atoms with van der Waals surface area (Å²) in [5.74, 6) is 0.788. The van der Waals surface area contributed by atoms with E-state index in [2.05, 4.69) is 47.4 Å². The largest absolute Gasteiger partial charge is 0.387 e. The molecular weight excluding hydrogens is 427 g/mol. The molecule has 0 atom stereocenters. The van der Waals surface area contributed by atoms with Gasteiger partial charge in [0.2, 0.25) is 0 Å². The van der Waals surface area contributed by atoms with Gasteiger partial charge in [0.1, 0.15) is 5.82 Å². The lowest BCUT2D eigenvalue weighted by atomic mass is 10.1. The van der Waals surface area contributed by atoms with Gasteiger partial charge in [0.15, 0.2) is 11.6 Å². The van der Waals surface area contributed by atoms with E-state index in [1.54, 1.807) is 11.6 Å². The van der Waals surface area contributed by atoms with Gasteiger partial charge in [-0.15, -0.1) is 10.2 Å². The Morgan fingerprint density at radius 1 is 1.00 bits per heavy atom. The first-order chi connectivity index (χ1) is 11.0. The van der Waals surface area contributed by atoms with Gasteiger partial charge in [-0.1, -0.05) is 44.0 Å². The lowest BCUT2D eigenvalue weighted by molar-refractivity contribution is 0.628. The summed E-state index contributed by atoms with van der Waals surface area (Å²) in [6, 6.07) is 11.0. The van der Waals surface area contributed by atoms with E-state index in [-0.39, 0.29) is 5.82 Å². The van der Waals surface area contributed by atoms with Crippen LogP contribution in [0.25, 0.3) is 22.8 Å². The fourth-order valence-electron chi connectivity index (χ4n) is 2.40. The monoisotopic (exact) mass is 438 g/mol. The van der Waals surface area contributed by atoms with E-state index in [4.69, 9.17) is 0 Å². The van der Waals surface area contributed by atoms with E-state index in [0.29, 0.717) is 27.4 Å². The van der Waals surface area contributed by atoms with E-state index >= 15 is 0 Å². The first-order valence-electron chi connectivity index (χ1n) is 6.83. The molecular formula is C16H13Br2FN4. The fourth-order valence-corrected chi connectivity index (χ4v) is 3.09. The Kier molecular flexibility index (Phi) is 4.50. The minimum atomic E-state index is -0.360. The maximum Gasteiger partial charge on any atom is 0.169 e. The summed E-state index contributed by atoms with van der Waals surface area (Å²) < 4.78 is 17.9. The molecule has 7 heteroatoms. The van der Waals surface area contributed by atoms with Crippen LogP contribution >= 0.6 is 31.9 Å². The van der Waals surface area contributed by atoms with Crippen molar-refractivity contribution in [2.24, 2.45) is 7.05 Å². The normalized spacial score (nSPS) is 10.8. The van der Waals surface area contributed by atoms with Gasteiger partial charge in [-0.25, -0.2) is 4.39 Å². The number of hydrogen-bond donors (Lipinski definition) is 1. The van der Waals surface area contributed by atoms with E-state index in [1.165, 1.54) is 6.07 Å². The highest BCUT2D eigenvalue weighted by Gasteiger charge is 2.19. The minimum absolute atomic E-state index is 0.360. The predicted molar refractivity (Wildman–Crippen MR) is 96.8 cm³/mol. The van der Waals surface area contributed by atoms with Crippen molar-refractivity contribution in [2.75, 3.05) is 12.4 Å². The summed E-state index contributed by atoms with van der Waals surface area (Å²) in [7, 11) is 3.57. The summed E-state index contributed by atoms with van der Waals surface area (Å²) in [5.41, 5.74) is 1.96. The van der Waals surface area contributed by atoms with Crippen LogP contribution in [0, 0.1) is 5.82 Å². The number of benzene rings is 2. The van der Waals surface area contributed by atoms with Crippen molar-refractivity contribution in [3.63, 3.8) is 0 Å². The predicted octanol–water partition coefficient (Wildman–Crippen LogP) is 4.85. The summed E-state index contributed by atoms with van der Waals surface area (Å²) in [6.45, 7) is 0. The highest BCUT2D eigenvalue weighted by molar-refractivity contribution is 9.10. The van der Waals surface area contributed by atoms with Gasteiger partial charge < -0.3 is 9.88 Å². The molecule has 1 N–H and O–H groups in total. The van der Waals surface area contributed by atoms with Gasteiger partial charge in [0, 0.05) is 34.3 Å². The summed E-state index contributed by atoms with van der Waals surface area (Å²) >= 11 is 6.71. The molecule has 0 amide bonds. The Balaban J connectivity index is 2.15. The lowest BCUT2D eigenvalue weighted by Gasteiger charge is -2.11. The molecule has 0 saturated carbocycles. The third-order valence-corrected chi connectivity index (χ3v) is 4.51. The molecule has 1 aromatic heterocycles. The molecule has 0 aliphatic heterocycles. The second kappa shape index (κ2) is 6.41. The molecule has 0 aliphatic rings.